The number of furan rings is 1. The van der Waals surface area contributed by atoms with E-state index >= 15 is 0 Å². The number of nitrogens with one attached hydrogen (secondary N) is 1. The van der Waals surface area contributed by atoms with Crippen LogP contribution in [0.2, 0.25) is 0 Å². The molecule has 0 aliphatic rings. The molecular weight excluding hydrogens is 288 g/mol. The van der Waals surface area contributed by atoms with Crippen LogP contribution in [0.25, 0.3) is 11.3 Å². The Bertz CT molecular complexity index is 715. The van der Waals surface area contributed by atoms with Crippen LogP contribution < -0.4 is 5.32 Å². The summed E-state index contributed by atoms with van der Waals surface area (Å²) in [6, 6.07) is 12.5. The Balaban J connectivity index is 1.62. The maximum atomic E-state index is 5.41. The van der Waals surface area contributed by atoms with E-state index in [0.717, 1.165) is 17.9 Å². The van der Waals surface area contributed by atoms with Gasteiger partial charge in [-0.2, -0.15) is 5.10 Å². The first-order valence-corrected chi connectivity index (χ1v) is 7.78. The third-order valence-corrected chi connectivity index (χ3v) is 4.44. The predicted octanol–water partition coefficient (Wildman–Crippen LogP) is 3.45. The second-order valence-electron chi connectivity index (χ2n) is 6.27. The number of benzene rings is 1. The quantitative estimate of drug-likeness (QED) is 0.757. The minimum absolute atomic E-state index is 0.148. The summed E-state index contributed by atoms with van der Waals surface area (Å²) in [4.78, 5) is 4.04. The SMILES string of the molecule is CC(NCc1ccc(-c2ccco2)cc1)C(C)(C)n1cncn1. The lowest BCUT2D eigenvalue weighted by Gasteiger charge is -2.32. The van der Waals surface area contributed by atoms with Crippen LogP contribution in [-0.2, 0) is 12.1 Å². The fourth-order valence-electron chi connectivity index (χ4n) is 2.45. The van der Waals surface area contributed by atoms with Gasteiger partial charge in [0.2, 0.25) is 0 Å². The number of rotatable bonds is 6. The van der Waals surface area contributed by atoms with Gasteiger partial charge < -0.3 is 9.73 Å². The highest BCUT2D eigenvalue weighted by atomic mass is 16.3. The average Bonchev–Trinajstić information content (AvgIpc) is 3.26. The summed E-state index contributed by atoms with van der Waals surface area (Å²) in [5.74, 6) is 0.894. The molecule has 2 aromatic heterocycles. The van der Waals surface area contributed by atoms with Crippen LogP contribution in [0.5, 0.6) is 0 Å². The molecule has 0 radical (unpaired) electrons. The van der Waals surface area contributed by atoms with Crippen molar-refractivity contribution in [2.24, 2.45) is 0 Å². The Hall–Kier alpha value is -2.40. The van der Waals surface area contributed by atoms with Crippen molar-refractivity contribution in [3.05, 3.63) is 60.9 Å². The number of aromatic nitrogens is 3. The predicted molar refractivity (Wildman–Crippen MR) is 89.8 cm³/mol. The van der Waals surface area contributed by atoms with Gasteiger partial charge in [-0.1, -0.05) is 24.3 Å². The van der Waals surface area contributed by atoms with Crippen LogP contribution in [0, 0.1) is 0 Å². The molecule has 1 N–H and O–H groups in total. The zero-order valence-electron chi connectivity index (χ0n) is 13.7. The van der Waals surface area contributed by atoms with Crippen LogP contribution in [0.3, 0.4) is 0 Å². The summed E-state index contributed by atoms with van der Waals surface area (Å²) in [7, 11) is 0. The maximum absolute atomic E-state index is 5.41. The van der Waals surface area contributed by atoms with Crippen LogP contribution in [-0.4, -0.2) is 20.8 Å². The van der Waals surface area contributed by atoms with E-state index in [4.69, 9.17) is 4.42 Å². The standard InChI is InChI=1S/C18H22N4O/c1-14(18(2,3)22-13-19-12-21-22)20-11-15-6-8-16(9-7-15)17-5-4-10-23-17/h4-10,12-14,20H,11H2,1-3H3. The van der Waals surface area contributed by atoms with Gasteiger partial charge in [0.25, 0.3) is 0 Å². The van der Waals surface area contributed by atoms with Gasteiger partial charge >= 0.3 is 0 Å². The Kier molecular flexibility index (Phi) is 4.30. The van der Waals surface area contributed by atoms with Crippen molar-refractivity contribution in [2.45, 2.75) is 38.9 Å². The van der Waals surface area contributed by atoms with Crippen LogP contribution >= 0.6 is 0 Å². The second kappa shape index (κ2) is 6.38. The normalized spacial score (nSPS) is 13.2. The molecule has 0 aliphatic carbocycles. The number of hydrogen-bond donors (Lipinski definition) is 1. The molecule has 0 fully saturated rings. The van der Waals surface area contributed by atoms with Crippen molar-refractivity contribution in [3.8, 4) is 11.3 Å². The fraction of sp³-hybridized carbons (Fsp3) is 0.333. The molecule has 1 aromatic carbocycles. The molecular formula is C18H22N4O. The van der Waals surface area contributed by atoms with Crippen molar-refractivity contribution in [3.63, 3.8) is 0 Å². The van der Waals surface area contributed by atoms with Gasteiger partial charge in [0, 0.05) is 18.2 Å². The van der Waals surface area contributed by atoms with Crippen molar-refractivity contribution in [1.82, 2.24) is 20.1 Å². The van der Waals surface area contributed by atoms with E-state index in [-0.39, 0.29) is 11.6 Å². The van der Waals surface area contributed by atoms with Gasteiger partial charge in [0.1, 0.15) is 18.4 Å². The summed E-state index contributed by atoms with van der Waals surface area (Å²) in [6.07, 6.45) is 5.02. The number of hydrogen-bond acceptors (Lipinski definition) is 4. The minimum atomic E-state index is -0.148. The molecule has 0 bridgehead atoms. The molecule has 1 atom stereocenters. The molecule has 1 unspecified atom stereocenters. The van der Waals surface area contributed by atoms with Gasteiger partial charge in [0.05, 0.1) is 11.8 Å². The molecule has 23 heavy (non-hydrogen) atoms. The Morgan fingerprint density at radius 1 is 1.22 bits per heavy atom. The molecule has 3 rings (SSSR count). The minimum Gasteiger partial charge on any atom is -0.464 e. The van der Waals surface area contributed by atoms with E-state index in [0.29, 0.717) is 0 Å². The Morgan fingerprint density at radius 3 is 2.61 bits per heavy atom. The fourth-order valence-corrected chi connectivity index (χ4v) is 2.45. The van der Waals surface area contributed by atoms with Crippen LogP contribution in [0.4, 0.5) is 0 Å². The second-order valence-corrected chi connectivity index (χ2v) is 6.27. The van der Waals surface area contributed by atoms with Crippen LogP contribution in [0.15, 0.2) is 59.7 Å². The van der Waals surface area contributed by atoms with E-state index in [2.05, 4.69) is 60.4 Å². The lowest BCUT2D eigenvalue weighted by molar-refractivity contribution is 0.231. The van der Waals surface area contributed by atoms with Crippen molar-refractivity contribution in [2.75, 3.05) is 0 Å². The monoisotopic (exact) mass is 310 g/mol. The smallest absolute Gasteiger partial charge is 0.137 e. The van der Waals surface area contributed by atoms with Gasteiger partial charge in [0.15, 0.2) is 0 Å². The van der Waals surface area contributed by atoms with Crippen molar-refractivity contribution < 1.29 is 4.42 Å². The summed E-state index contributed by atoms with van der Waals surface area (Å²) >= 11 is 0. The summed E-state index contributed by atoms with van der Waals surface area (Å²) in [6.45, 7) is 7.27. The van der Waals surface area contributed by atoms with E-state index in [1.807, 2.05) is 16.8 Å². The highest BCUT2D eigenvalue weighted by molar-refractivity contribution is 5.57. The molecule has 120 valence electrons. The maximum Gasteiger partial charge on any atom is 0.137 e. The first-order valence-electron chi connectivity index (χ1n) is 7.78. The largest absolute Gasteiger partial charge is 0.464 e. The van der Waals surface area contributed by atoms with Crippen LogP contribution in [0.1, 0.15) is 26.3 Å². The molecule has 0 saturated heterocycles. The Labute approximate surface area is 136 Å². The van der Waals surface area contributed by atoms with E-state index in [1.54, 1.807) is 18.9 Å². The molecule has 5 heteroatoms. The number of nitrogens with zero attached hydrogens (tertiary/aromatic N) is 3. The zero-order chi connectivity index (χ0) is 16.3. The zero-order valence-corrected chi connectivity index (χ0v) is 13.7. The lowest BCUT2D eigenvalue weighted by atomic mass is 9.96. The first-order chi connectivity index (χ1) is 11.1. The van der Waals surface area contributed by atoms with E-state index < -0.39 is 0 Å². The van der Waals surface area contributed by atoms with E-state index in [9.17, 15) is 0 Å². The first kappa shape index (κ1) is 15.5. The highest BCUT2D eigenvalue weighted by Gasteiger charge is 2.28. The average molecular weight is 310 g/mol. The highest BCUT2D eigenvalue weighted by Crippen LogP contribution is 2.21. The topological polar surface area (TPSA) is 55.9 Å². The lowest BCUT2D eigenvalue weighted by Crippen LogP contribution is -2.46. The Morgan fingerprint density at radius 2 is 2.00 bits per heavy atom. The molecule has 3 aromatic rings. The molecule has 5 nitrogen and oxygen atoms in total. The summed E-state index contributed by atoms with van der Waals surface area (Å²) in [5.41, 5.74) is 2.18. The van der Waals surface area contributed by atoms with Gasteiger partial charge in [-0.15, -0.1) is 0 Å². The van der Waals surface area contributed by atoms with Crippen molar-refractivity contribution in [1.29, 1.82) is 0 Å². The molecule has 0 spiro atoms. The molecule has 0 amide bonds. The molecule has 0 aliphatic heterocycles. The van der Waals surface area contributed by atoms with Crippen molar-refractivity contribution >= 4 is 0 Å². The summed E-state index contributed by atoms with van der Waals surface area (Å²) in [5, 5.41) is 7.83. The summed E-state index contributed by atoms with van der Waals surface area (Å²) < 4.78 is 7.31. The van der Waals surface area contributed by atoms with Gasteiger partial charge in [-0.3, -0.25) is 0 Å². The molecule has 0 saturated carbocycles. The molecule has 2 heterocycles. The van der Waals surface area contributed by atoms with Gasteiger partial charge in [-0.25, -0.2) is 9.67 Å². The van der Waals surface area contributed by atoms with E-state index in [1.165, 1.54) is 5.56 Å². The third-order valence-electron chi connectivity index (χ3n) is 4.44. The van der Waals surface area contributed by atoms with Gasteiger partial charge in [-0.05, 0) is 38.5 Å². The third kappa shape index (κ3) is 3.35.